The van der Waals surface area contributed by atoms with Gasteiger partial charge in [-0.2, -0.15) is 0 Å². The van der Waals surface area contributed by atoms with Crippen LogP contribution in [0.3, 0.4) is 0 Å². The highest BCUT2D eigenvalue weighted by Gasteiger charge is 2.11. The van der Waals surface area contributed by atoms with Crippen LogP contribution >= 0.6 is 0 Å². The third-order valence-corrected chi connectivity index (χ3v) is 2.63. The van der Waals surface area contributed by atoms with Gasteiger partial charge in [-0.3, -0.25) is 4.79 Å². The Bertz CT molecular complexity index is 529. The number of para-hydroxylation sites is 1. The number of amides is 1. The van der Waals surface area contributed by atoms with Gasteiger partial charge in [-0.05, 0) is 30.7 Å². The lowest BCUT2D eigenvalue weighted by Gasteiger charge is -2.05. The van der Waals surface area contributed by atoms with Gasteiger partial charge in [-0.15, -0.1) is 0 Å². The summed E-state index contributed by atoms with van der Waals surface area (Å²) in [5, 5.41) is 2.83. The van der Waals surface area contributed by atoms with Crippen LogP contribution in [0.5, 0.6) is 0 Å². The quantitative estimate of drug-likeness (QED) is 0.876. The van der Waals surface area contributed by atoms with Crippen LogP contribution in [0.2, 0.25) is 0 Å². The Morgan fingerprint density at radius 2 is 2.00 bits per heavy atom. The highest BCUT2D eigenvalue weighted by molar-refractivity contribution is 6.02. The molecule has 2 aromatic rings. The maximum absolute atomic E-state index is 11.9. The van der Waals surface area contributed by atoms with Gasteiger partial charge in [0, 0.05) is 12.1 Å². The molecule has 2 rings (SSSR count). The van der Waals surface area contributed by atoms with Crippen LogP contribution in [0.25, 0.3) is 0 Å². The van der Waals surface area contributed by atoms with E-state index in [1.165, 1.54) is 0 Å². The second-order valence-electron chi connectivity index (χ2n) is 3.89. The average molecular weight is 229 g/mol. The molecule has 0 fully saturated rings. The SMILES string of the molecule is CCc1ccc(C(=O)Nc2ccccc2C)o1. The first-order valence-electron chi connectivity index (χ1n) is 5.66. The van der Waals surface area contributed by atoms with Crippen molar-refractivity contribution in [2.75, 3.05) is 5.32 Å². The minimum atomic E-state index is -0.209. The fourth-order valence-corrected chi connectivity index (χ4v) is 1.59. The van der Waals surface area contributed by atoms with Crippen LogP contribution in [0.1, 0.15) is 28.8 Å². The molecular formula is C14H15NO2. The fraction of sp³-hybridized carbons (Fsp3) is 0.214. The van der Waals surface area contributed by atoms with E-state index in [2.05, 4.69) is 5.32 Å². The Labute approximate surface area is 100 Å². The molecule has 1 amide bonds. The molecule has 0 bridgehead atoms. The fourth-order valence-electron chi connectivity index (χ4n) is 1.59. The summed E-state index contributed by atoms with van der Waals surface area (Å²) in [5.74, 6) is 0.962. The second-order valence-corrected chi connectivity index (χ2v) is 3.89. The number of aryl methyl sites for hydroxylation is 2. The molecule has 0 atom stereocenters. The molecule has 0 spiro atoms. The number of carbonyl (C=O) groups excluding carboxylic acids is 1. The van der Waals surface area contributed by atoms with Gasteiger partial charge in [-0.1, -0.05) is 25.1 Å². The maximum Gasteiger partial charge on any atom is 0.291 e. The second kappa shape index (κ2) is 4.87. The molecule has 88 valence electrons. The number of anilines is 1. The largest absolute Gasteiger partial charge is 0.456 e. The minimum absolute atomic E-state index is 0.209. The normalized spacial score (nSPS) is 10.2. The van der Waals surface area contributed by atoms with Crippen LogP contribution in [0.15, 0.2) is 40.8 Å². The molecule has 3 heteroatoms. The molecule has 1 heterocycles. The van der Waals surface area contributed by atoms with Gasteiger partial charge in [-0.25, -0.2) is 0 Å². The monoisotopic (exact) mass is 229 g/mol. The zero-order chi connectivity index (χ0) is 12.3. The lowest BCUT2D eigenvalue weighted by Crippen LogP contribution is -2.11. The lowest BCUT2D eigenvalue weighted by atomic mass is 10.2. The molecule has 0 saturated carbocycles. The summed E-state index contributed by atoms with van der Waals surface area (Å²) in [6.45, 7) is 3.94. The van der Waals surface area contributed by atoms with Crippen LogP contribution in [0, 0.1) is 6.92 Å². The van der Waals surface area contributed by atoms with Gasteiger partial charge in [0.2, 0.25) is 0 Å². The summed E-state index contributed by atoms with van der Waals surface area (Å²) >= 11 is 0. The zero-order valence-corrected chi connectivity index (χ0v) is 9.99. The smallest absolute Gasteiger partial charge is 0.291 e. The van der Waals surface area contributed by atoms with E-state index < -0.39 is 0 Å². The van der Waals surface area contributed by atoms with Gasteiger partial charge in [0.1, 0.15) is 5.76 Å². The predicted octanol–water partition coefficient (Wildman–Crippen LogP) is 3.40. The minimum Gasteiger partial charge on any atom is -0.456 e. The van der Waals surface area contributed by atoms with Crippen molar-refractivity contribution in [2.45, 2.75) is 20.3 Å². The van der Waals surface area contributed by atoms with Crippen LogP contribution in [-0.4, -0.2) is 5.91 Å². The molecule has 17 heavy (non-hydrogen) atoms. The molecule has 3 nitrogen and oxygen atoms in total. The van der Waals surface area contributed by atoms with Crippen LogP contribution < -0.4 is 5.32 Å². The van der Waals surface area contributed by atoms with Crippen molar-refractivity contribution in [3.05, 3.63) is 53.5 Å². The third-order valence-electron chi connectivity index (χ3n) is 2.63. The first-order valence-corrected chi connectivity index (χ1v) is 5.66. The first-order chi connectivity index (χ1) is 8.20. The number of rotatable bonds is 3. The summed E-state index contributed by atoms with van der Waals surface area (Å²) in [5.41, 5.74) is 1.84. The van der Waals surface area contributed by atoms with Gasteiger partial charge >= 0.3 is 0 Å². The number of hydrogen-bond acceptors (Lipinski definition) is 2. The van der Waals surface area contributed by atoms with E-state index in [0.29, 0.717) is 5.76 Å². The van der Waals surface area contributed by atoms with E-state index in [0.717, 1.165) is 23.4 Å². The summed E-state index contributed by atoms with van der Waals surface area (Å²) < 4.78 is 5.39. The summed E-state index contributed by atoms with van der Waals surface area (Å²) in [7, 11) is 0. The zero-order valence-electron chi connectivity index (χ0n) is 9.99. The molecule has 0 unspecified atom stereocenters. The van der Waals surface area contributed by atoms with E-state index >= 15 is 0 Å². The van der Waals surface area contributed by atoms with Gasteiger partial charge in [0.15, 0.2) is 5.76 Å². The van der Waals surface area contributed by atoms with Gasteiger partial charge in [0.05, 0.1) is 0 Å². The molecule has 1 N–H and O–H groups in total. The highest BCUT2D eigenvalue weighted by Crippen LogP contribution is 2.16. The number of benzene rings is 1. The molecule has 0 aliphatic carbocycles. The number of furan rings is 1. The first kappa shape index (κ1) is 11.5. The number of nitrogens with one attached hydrogen (secondary N) is 1. The molecular weight excluding hydrogens is 214 g/mol. The Morgan fingerprint density at radius 3 is 2.65 bits per heavy atom. The Hall–Kier alpha value is -2.03. The van der Waals surface area contributed by atoms with Crippen molar-refractivity contribution >= 4 is 11.6 Å². The summed E-state index contributed by atoms with van der Waals surface area (Å²) in [4.78, 5) is 11.9. The standard InChI is InChI=1S/C14H15NO2/c1-3-11-8-9-13(17-11)14(16)15-12-7-5-4-6-10(12)2/h4-9H,3H2,1-2H3,(H,15,16). The van der Waals surface area contributed by atoms with Crippen LogP contribution in [0.4, 0.5) is 5.69 Å². The summed E-state index contributed by atoms with van der Waals surface area (Å²) in [6, 6.07) is 11.2. The highest BCUT2D eigenvalue weighted by atomic mass is 16.3. The van der Waals surface area contributed by atoms with Crippen molar-refractivity contribution in [1.82, 2.24) is 0 Å². The predicted molar refractivity (Wildman–Crippen MR) is 67.2 cm³/mol. The Kier molecular flexibility index (Phi) is 3.28. The molecule has 0 aliphatic rings. The van der Waals surface area contributed by atoms with Gasteiger partial charge in [0.25, 0.3) is 5.91 Å². The topological polar surface area (TPSA) is 42.2 Å². The van der Waals surface area contributed by atoms with Crippen molar-refractivity contribution in [3.8, 4) is 0 Å². The van der Waals surface area contributed by atoms with Crippen molar-refractivity contribution in [3.63, 3.8) is 0 Å². The van der Waals surface area contributed by atoms with E-state index in [4.69, 9.17) is 4.42 Å². The van der Waals surface area contributed by atoms with Crippen molar-refractivity contribution in [1.29, 1.82) is 0 Å². The Balaban J connectivity index is 2.14. The summed E-state index contributed by atoms with van der Waals surface area (Å²) in [6.07, 6.45) is 0.789. The van der Waals surface area contributed by atoms with E-state index in [-0.39, 0.29) is 5.91 Å². The molecule has 0 saturated heterocycles. The molecule has 0 aliphatic heterocycles. The number of hydrogen-bond donors (Lipinski definition) is 1. The number of carbonyl (C=O) groups is 1. The van der Waals surface area contributed by atoms with Gasteiger partial charge < -0.3 is 9.73 Å². The molecule has 0 radical (unpaired) electrons. The maximum atomic E-state index is 11.9. The third kappa shape index (κ3) is 2.56. The van der Waals surface area contributed by atoms with E-state index in [1.54, 1.807) is 6.07 Å². The molecule has 1 aromatic heterocycles. The van der Waals surface area contributed by atoms with Crippen LogP contribution in [-0.2, 0) is 6.42 Å². The van der Waals surface area contributed by atoms with Crippen molar-refractivity contribution in [2.24, 2.45) is 0 Å². The Morgan fingerprint density at radius 1 is 1.24 bits per heavy atom. The van der Waals surface area contributed by atoms with E-state index in [9.17, 15) is 4.79 Å². The lowest BCUT2D eigenvalue weighted by molar-refractivity contribution is 0.0995. The van der Waals surface area contributed by atoms with E-state index in [1.807, 2.05) is 44.2 Å². The average Bonchev–Trinajstić information content (AvgIpc) is 2.81. The molecule has 1 aromatic carbocycles. The van der Waals surface area contributed by atoms with Crippen molar-refractivity contribution < 1.29 is 9.21 Å².